The van der Waals surface area contributed by atoms with E-state index in [0.717, 1.165) is 4.31 Å². The van der Waals surface area contributed by atoms with E-state index in [0.29, 0.717) is 15.5 Å². The SMILES string of the molecule is CN(CCO)S(=O)(=O)c1cccc(Br)c1.CNCCO.O=S(=O)(Cl)c1cccc(Br)c1. The van der Waals surface area contributed by atoms with Gasteiger partial charge in [0.15, 0.2) is 0 Å². The van der Waals surface area contributed by atoms with Crippen molar-refractivity contribution in [2.75, 3.05) is 40.4 Å². The van der Waals surface area contributed by atoms with Crippen molar-refractivity contribution >= 4 is 61.6 Å². The molecular formula is C18H25Br2ClN2O6S2. The van der Waals surface area contributed by atoms with E-state index < -0.39 is 19.1 Å². The van der Waals surface area contributed by atoms with Gasteiger partial charge in [-0.25, -0.2) is 16.8 Å². The zero-order valence-electron chi connectivity index (χ0n) is 16.9. The topological polar surface area (TPSA) is 124 Å². The van der Waals surface area contributed by atoms with E-state index in [9.17, 15) is 16.8 Å². The zero-order valence-corrected chi connectivity index (χ0v) is 22.4. The number of aliphatic hydroxyl groups is 2. The molecule has 3 N–H and O–H groups in total. The number of hydrogen-bond acceptors (Lipinski definition) is 7. The minimum atomic E-state index is -3.58. The molecule has 176 valence electrons. The highest BCUT2D eigenvalue weighted by Crippen LogP contribution is 2.19. The van der Waals surface area contributed by atoms with Crippen LogP contribution in [0.25, 0.3) is 0 Å². The molecule has 0 amide bonds. The van der Waals surface area contributed by atoms with Crippen molar-refractivity contribution in [3.8, 4) is 0 Å². The monoisotopic (exact) mass is 622 g/mol. The van der Waals surface area contributed by atoms with Crippen LogP contribution in [0.5, 0.6) is 0 Å². The lowest BCUT2D eigenvalue weighted by molar-refractivity contribution is 0.266. The summed E-state index contributed by atoms with van der Waals surface area (Å²) in [5.74, 6) is 0. The second-order valence-corrected chi connectivity index (χ2v) is 12.2. The molecule has 0 saturated heterocycles. The first-order valence-electron chi connectivity index (χ1n) is 8.68. The Hall–Kier alpha value is -0.570. The summed E-state index contributed by atoms with van der Waals surface area (Å²) in [6, 6.07) is 12.7. The van der Waals surface area contributed by atoms with Crippen molar-refractivity contribution in [3.63, 3.8) is 0 Å². The van der Waals surface area contributed by atoms with Gasteiger partial charge in [-0.15, -0.1) is 0 Å². The van der Waals surface area contributed by atoms with E-state index in [2.05, 4.69) is 37.2 Å². The van der Waals surface area contributed by atoms with Crippen LogP contribution in [0.2, 0.25) is 0 Å². The fourth-order valence-corrected chi connectivity index (χ4v) is 4.91. The number of benzene rings is 2. The molecule has 2 aromatic carbocycles. The molecule has 0 aliphatic rings. The molecule has 0 unspecified atom stereocenters. The van der Waals surface area contributed by atoms with Crippen molar-refractivity contribution in [1.29, 1.82) is 0 Å². The predicted octanol–water partition coefficient (Wildman–Crippen LogP) is 2.64. The third-order valence-electron chi connectivity index (χ3n) is 3.36. The number of halogens is 3. The van der Waals surface area contributed by atoms with Crippen LogP contribution in [0.3, 0.4) is 0 Å². The van der Waals surface area contributed by atoms with Crippen LogP contribution in [-0.2, 0) is 19.1 Å². The molecule has 0 radical (unpaired) electrons. The van der Waals surface area contributed by atoms with E-state index in [1.807, 2.05) is 0 Å². The standard InChI is InChI=1S/C9H12BrNO3S.C6H4BrClO2S.C3H9NO/c1-11(5-6-12)15(13,14)9-4-2-3-8(10)7-9;7-5-2-1-3-6(4-5)11(8,9)10;1-4-2-3-5/h2-4,7,12H,5-6H2,1H3;1-4H;4-5H,2-3H2,1H3. The van der Waals surface area contributed by atoms with Gasteiger partial charge in [0.05, 0.1) is 23.0 Å². The number of sulfonamides is 1. The Morgan fingerprint density at radius 2 is 1.42 bits per heavy atom. The van der Waals surface area contributed by atoms with E-state index in [-0.39, 0.29) is 29.5 Å². The predicted molar refractivity (Wildman–Crippen MR) is 129 cm³/mol. The molecule has 0 aliphatic heterocycles. The van der Waals surface area contributed by atoms with Gasteiger partial charge in [0.1, 0.15) is 0 Å². The highest BCUT2D eigenvalue weighted by Gasteiger charge is 2.19. The molecular weight excluding hydrogens is 600 g/mol. The Kier molecular flexibility index (Phi) is 15.0. The lowest BCUT2D eigenvalue weighted by Gasteiger charge is -2.15. The zero-order chi connectivity index (χ0) is 24.1. The Morgan fingerprint density at radius 1 is 0.935 bits per heavy atom. The summed E-state index contributed by atoms with van der Waals surface area (Å²) in [6.45, 7) is 0.828. The van der Waals surface area contributed by atoms with E-state index in [1.165, 1.54) is 31.3 Å². The van der Waals surface area contributed by atoms with Crippen molar-refractivity contribution in [2.45, 2.75) is 9.79 Å². The number of rotatable bonds is 7. The first-order valence-corrected chi connectivity index (χ1v) is 14.0. The summed E-state index contributed by atoms with van der Waals surface area (Å²) in [6.07, 6.45) is 0. The number of hydrogen-bond donors (Lipinski definition) is 3. The smallest absolute Gasteiger partial charge is 0.261 e. The number of nitrogens with one attached hydrogen (secondary N) is 1. The Balaban J connectivity index is 0.000000492. The van der Waals surface area contributed by atoms with Gasteiger partial charge in [0.2, 0.25) is 10.0 Å². The number of likely N-dealkylation sites (N-methyl/N-ethyl adjacent to an activating group) is 2. The first kappa shape index (κ1) is 30.4. The summed E-state index contributed by atoms with van der Waals surface area (Å²) in [4.78, 5) is 0.321. The van der Waals surface area contributed by atoms with Crippen LogP contribution in [0.1, 0.15) is 0 Å². The van der Waals surface area contributed by atoms with Crippen LogP contribution >= 0.6 is 42.5 Å². The Bertz CT molecular complexity index is 1010. The Morgan fingerprint density at radius 3 is 1.74 bits per heavy atom. The van der Waals surface area contributed by atoms with E-state index in [1.54, 1.807) is 31.3 Å². The summed E-state index contributed by atoms with van der Waals surface area (Å²) in [7, 11) is 1.26. The second-order valence-electron chi connectivity index (χ2n) is 5.73. The molecule has 0 atom stereocenters. The molecule has 13 heteroatoms. The lowest BCUT2D eigenvalue weighted by Crippen LogP contribution is -2.29. The molecule has 0 aromatic heterocycles. The summed E-state index contributed by atoms with van der Waals surface area (Å²) in [5, 5.41) is 19.5. The average molecular weight is 625 g/mol. The van der Waals surface area contributed by atoms with Crippen molar-refractivity contribution < 1.29 is 27.0 Å². The molecule has 0 aliphatic carbocycles. The first-order chi connectivity index (χ1) is 14.4. The molecule has 31 heavy (non-hydrogen) atoms. The second kappa shape index (κ2) is 15.3. The molecule has 8 nitrogen and oxygen atoms in total. The summed E-state index contributed by atoms with van der Waals surface area (Å²) >= 11 is 6.34. The number of aliphatic hydroxyl groups excluding tert-OH is 2. The fraction of sp³-hybridized carbons (Fsp3) is 0.333. The van der Waals surface area contributed by atoms with Gasteiger partial charge in [0, 0.05) is 39.8 Å². The summed E-state index contributed by atoms with van der Waals surface area (Å²) < 4.78 is 47.7. The van der Waals surface area contributed by atoms with Crippen LogP contribution in [0.4, 0.5) is 0 Å². The van der Waals surface area contributed by atoms with Crippen LogP contribution < -0.4 is 5.32 Å². The molecule has 0 spiro atoms. The highest BCUT2D eigenvalue weighted by molar-refractivity contribution is 9.10. The minimum Gasteiger partial charge on any atom is -0.395 e. The molecule has 0 saturated carbocycles. The van der Waals surface area contributed by atoms with Crippen molar-refractivity contribution in [1.82, 2.24) is 9.62 Å². The van der Waals surface area contributed by atoms with Crippen LogP contribution in [-0.4, -0.2) is 71.8 Å². The lowest BCUT2D eigenvalue weighted by atomic mass is 10.4. The summed E-state index contributed by atoms with van der Waals surface area (Å²) in [5.41, 5.74) is 0. The van der Waals surface area contributed by atoms with Crippen molar-refractivity contribution in [3.05, 3.63) is 57.5 Å². The van der Waals surface area contributed by atoms with Crippen LogP contribution in [0, 0.1) is 0 Å². The van der Waals surface area contributed by atoms with Gasteiger partial charge in [-0.2, -0.15) is 4.31 Å². The maximum Gasteiger partial charge on any atom is 0.261 e. The normalized spacial score (nSPS) is 11.2. The average Bonchev–Trinajstić information content (AvgIpc) is 2.69. The van der Waals surface area contributed by atoms with Gasteiger partial charge < -0.3 is 15.5 Å². The van der Waals surface area contributed by atoms with Gasteiger partial charge >= 0.3 is 0 Å². The minimum absolute atomic E-state index is 0.0921. The molecule has 0 bridgehead atoms. The maximum absolute atomic E-state index is 11.9. The quantitative estimate of drug-likeness (QED) is 0.405. The van der Waals surface area contributed by atoms with Gasteiger partial charge in [-0.05, 0) is 43.4 Å². The van der Waals surface area contributed by atoms with Crippen molar-refractivity contribution in [2.24, 2.45) is 0 Å². The van der Waals surface area contributed by atoms with Gasteiger partial charge in [-0.3, -0.25) is 0 Å². The fourth-order valence-electron chi connectivity index (χ4n) is 1.80. The third kappa shape index (κ3) is 12.3. The largest absolute Gasteiger partial charge is 0.395 e. The highest BCUT2D eigenvalue weighted by atomic mass is 79.9. The van der Waals surface area contributed by atoms with E-state index >= 15 is 0 Å². The van der Waals surface area contributed by atoms with Crippen LogP contribution in [0.15, 0.2) is 67.3 Å². The molecule has 0 fully saturated rings. The molecule has 2 aromatic rings. The van der Waals surface area contributed by atoms with Gasteiger partial charge in [0.25, 0.3) is 9.05 Å². The third-order valence-corrected chi connectivity index (χ3v) is 7.55. The van der Waals surface area contributed by atoms with Gasteiger partial charge in [-0.1, -0.05) is 44.0 Å². The molecule has 2 rings (SSSR count). The number of nitrogens with zero attached hydrogens (tertiary/aromatic N) is 1. The maximum atomic E-state index is 11.9. The molecule has 0 heterocycles. The Labute approximate surface area is 205 Å². The van der Waals surface area contributed by atoms with E-state index in [4.69, 9.17) is 20.9 Å².